The summed E-state index contributed by atoms with van der Waals surface area (Å²) in [5.41, 5.74) is 0. The van der Waals surface area contributed by atoms with Crippen molar-refractivity contribution < 1.29 is 30.5 Å². The van der Waals surface area contributed by atoms with Gasteiger partial charge in [-0.25, -0.2) is 8.42 Å². The molecular formula is C3H3F4O3S-. The van der Waals surface area contributed by atoms with Crippen molar-refractivity contribution in [3.8, 4) is 0 Å². The minimum Gasteiger partial charge on any atom is -0.743 e. The average Bonchev–Trinajstić information content (AvgIpc) is 1.58. The lowest BCUT2D eigenvalue weighted by atomic mass is 10.4. The minimum absolute atomic E-state index is 0.345. The van der Waals surface area contributed by atoms with Gasteiger partial charge in [-0.1, -0.05) is 0 Å². The molecule has 0 fully saturated rings. The molecule has 0 bridgehead atoms. The van der Waals surface area contributed by atoms with Gasteiger partial charge < -0.3 is 4.55 Å². The quantitative estimate of drug-likeness (QED) is 0.483. The lowest BCUT2D eigenvalue weighted by molar-refractivity contribution is -0.147. The molecule has 0 aromatic carbocycles. The number of hydrogen-bond donors (Lipinski definition) is 0. The third kappa shape index (κ3) is 1.80. The molecular weight excluding hydrogens is 192 g/mol. The van der Waals surface area contributed by atoms with E-state index in [1.54, 1.807) is 0 Å². The van der Waals surface area contributed by atoms with E-state index in [0.717, 1.165) is 0 Å². The smallest absolute Gasteiger partial charge is 0.395 e. The number of rotatable bonds is 2. The van der Waals surface area contributed by atoms with Crippen molar-refractivity contribution in [1.82, 2.24) is 0 Å². The molecule has 0 aliphatic carbocycles. The molecule has 0 radical (unpaired) electrons. The molecule has 0 N–H and O–H groups in total. The van der Waals surface area contributed by atoms with Gasteiger partial charge in [0.05, 0.1) is 0 Å². The van der Waals surface area contributed by atoms with Gasteiger partial charge >= 0.3 is 11.2 Å². The van der Waals surface area contributed by atoms with Crippen molar-refractivity contribution in [2.24, 2.45) is 0 Å². The second-order valence-electron chi connectivity index (χ2n) is 1.86. The van der Waals surface area contributed by atoms with Crippen LogP contribution < -0.4 is 0 Å². The summed E-state index contributed by atoms with van der Waals surface area (Å²) in [6.07, 6.45) is 0. The van der Waals surface area contributed by atoms with Crippen LogP contribution in [-0.4, -0.2) is 24.1 Å². The molecule has 0 amide bonds. The largest absolute Gasteiger partial charge is 0.743 e. The summed E-state index contributed by atoms with van der Waals surface area (Å²) in [4.78, 5) is 0. The molecule has 0 rings (SSSR count). The van der Waals surface area contributed by atoms with Crippen LogP contribution in [0.25, 0.3) is 0 Å². The molecule has 68 valence electrons. The fraction of sp³-hybridized carbons (Fsp3) is 1.00. The molecule has 0 aliphatic rings. The first kappa shape index (κ1) is 10.6. The van der Waals surface area contributed by atoms with E-state index in [0.29, 0.717) is 0 Å². The van der Waals surface area contributed by atoms with Gasteiger partial charge in [-0.2, -0.15) is 17.6 Å². The molecule has 0 unspecified atom stereocenters. The van der Waals surface area contributed by atoms with Crippen molar-refractivity contribution in [2.45, 2.75) is 18.1 Å². The molecule has 0 spiro atoms. The van der Waals surface area contributed by atoms with E-state index in [4.69, 9.17) is 0 Å². The van der Waals surface area contributed by atoms with E-state index in [2.05, 4.69) is 0 Å². The fourth-order valence-electron chi connectivity index (χ4n) is 0.219. The molecule has 11 heavy (non-hydrogen) atoms. The second-order valence-corrected chi connectivity index (χ2v) is 3.28. The lowest BCUT2D eigenvalue weighted by Crippen LogP contribution is -2.44. The van der Waals surface area contributed by atoms with Crippen molar-refractivity contribution in [3.63, 3.8) is 0 Å². The maximum atomic E-state index is 11.8. The molecule has 8 heteroatoms. The SMILES string of the molecule is CC(F)(F)C(F)(F)S(=O)(=O)[O-]. The fourth-order valence-corrected chi connectivity index (χ4v) is 0.658. The Morgan fingerprint density at radius 1 is 1.18 bits per heavy atom. The van der Waals surface area contributed by atoms with Crippen molar-refractivity contribution in [1.29, 1.82) is 0 Å². The van der Waals surface area contributed by atoms with Crippen LogP contribution in [0.2, 0.25) is 0 Å². The van der Waals surface area contributed by atoms with Crippen LogP contribution in [0.15, 0.2) is 0 Å². The summed E-state index contributed by atoms with van der Waals surface area (Å²) in [6.45, 7) is -0.345. The van der Waals surface area contributed by atoms with E-state index < -0.39 is 21.3 Å². The van der Waals surface area contributed by atoms with Gasteiger partial charge in [-0.15, -0.1) is 0 Å². The summed E-state index contributed by atoms with van der Waals surface area (Å²) in [5, 5.41) is -5.54. The predicted octanol–water partition coefficient (Wildman–Crippen LogP) is 0.780. The van der Waals surface area contributed by atoms with E-state index in [1.807, 2.05) is 0 Å². The molecule has 0 heterocycles. The Morgan fingerprint density at radius 3 is 1.45 bits per heavy atom. The van der Waals surface area contributed by atoms with Gasteiger partial charge in [0.2, 0.25) is 0 Å². The Kier molecular flexibility index (Phi) is 2.23. The van der Waals surface area contributed by atoms with Crippen molar-refractivity contribution in [3.05, 3.63) is 0 Å². The Balaban J connectivity index is 5.08. The Hall–Kier alpha value is -0.370. The number of halogens is 4. The van der Waals surface area contributed by atoms with Gasteiger partial charge in [-0.05, 0) is 0 Å². The highest BCUT2D eigenvalue weighted by molar-refractivity contribution is 7.86. The predicted molar refractivity (Wildman–Crippen MR) is 25.3 cm³/mol. The van der Waals surface area contributed by atoms with Gasteiger partial charge in [-0.3, -0.25) is 0 Å². The second kappa shape index (κ2) is 2.31. The highest BCUT2D eigenvalue weighted by atomic mass is 32.2. The van der Waals surface area contributed by atoms with E-state index in [-0.39, 0.29) is 6.92 Å². The summed E-state index contributed by atoms with van der Waals surface area (Å²) < 4.78 is 75.5. The normalized spacial score (nSPS) is 15.1. The maximum absolute atomic E-state index is 11.8. The maximum Gasteiger partial charge on any atom is 0.395 e. The Labute approximate surface area is 59.8 Å². The van der Waals surface area contributed by atoms with Crippen molar-refractivity contribution in [2.75, 3.05) is 0 Å². The zero-order chi connectivity index (χ0) is 9.50. The average molecular weight is 195 g/mol. The van der Waals surface area contributed by atoms with Crippen LogP contribution in [0.1, 0.15) is 6.92 Å². The first-order valence-electron chi connectivity index (χ1n) is 2.21. The molecule has 0 aliphatic heterocycles. The summed E-state index contributed by atoms with van der Waals surface area (Å²) in [7, 11) is -6.29. The zero-order valence-electron chi connectivity index (χ0n) is 5.14. The standard InChI is InChI=1S/C3H4F4O3S/c1-2(4,5)3(6,7)11(8,9)10/h1H3,(H,8,9,10)/p-1. The zero-order valence-corrected chi connectivity index (χ0v) is 5.96. The van der Waals surface area contributed by atoms with Crippen LogP contribution in [0.4, 0.5) is 17.6 Å². The van der Waals surface area contributed by atoms with E-state index >= 15 is 0 Å². The first-order valence-corrected chi connectivity index (χ1v) is 3.62. The topological polar surface area (TPSA) is 57.2 Å². The van der Waals surface area contributed by atoms with Crippen molar-refractivity contribution >= 4 is 10.1 Å². The molecule has 0 aromatic rings. The number of hydrogen-bond acceptors (Lipinski definition) is 3. The molecule has 3 nitrogen and oxygen atoms in total. The van der Waals surface area contributed by atoms with Crippen LogP contribution in [0.3, 0.4) is 0 Å². The first-order chi connectivity index (χ1) is 4.50. The van der Waals surface area contributed by atoms with Crippen LogP contribution >= 0.6 is 0 Å². The summed E-state index contributed by atoms with van der Waals surface area (Å²) in [6, 6.07) is 0. The monoisotopic (exact) mass is 195 g/mol. The third-order valence-electron chi connectivity index (χ3n) is 0.825. The number of alkyl halides is 4. The highest BCUT2D eigenvalue weighted by Crippen LogP contribution is 2.37. The summed E-state index contributed by atoms with van der Waals surface area (Å²) >= 11 is 0. The molecule has 0 aromatic heterocycles. The lowest BCUT2D eigenvalue weighted by Gasteiger charge is -2.24. The van der Waals surface area contributed by atoms with Crippen LogP contribution in [0.5, 0.6) is 0 Å². The molecule has 0 saturated carbocycles. The third-order valence-corrected chi connectivity index (χ3v) is 1.81. The van der Waals surface area contributed by atoms with Gasteiger partial charge in [0.15, 0.2) is 10.1 Å². The Bertz CT molecular complexity index is 238. The minimum atomic E-state index is -6.29. The van der Waals surface area contributed by atoms with Gasteiger partial charge in [0.25, 0.3) is 0 Å². The van der Waals surface area contributed by atoms with Crippen LogP contribution in [-0.2, 0) is 10.1 Å². The summed E-state index contributed by atoms with van der Waals surface area (Å²) in [5.74, 6) is -4.85. The van der Waals surface area contributed by atoms with Gasteiger partial charge in [0.1, 0.15) is 0 Å². The van der Waals surface area contributed by atoms with E-state index in [1.165, 1.54) is 0 Å². The highest BCUT2D eigenvalue weighted by Gasteiger charge is 2.58. The Morgan fingerprint density at radius 2 is 1.45 bits per heavy atom. The molecule has 0 saturated heterocycles. The van der Waals surface area contributed by atoms with Crippen LogP contribution in [0, 0.1) is 0 Å². The molecule has 0 atom stereocenters. The van der Waals surface area contributed by atoms with E-state index in [9.17, 15) is 30.5 Å². The van der Waals surface area contributed by atoms with Gasteiger partial charge in [0, 0.05) is 6.92 Å².